The number of nitrogens with zero attached hydrogens (tertiary/aromatic N) is 4. The van der Waals surface area contributed by atoms with Gasteiger partial charge in [-0.25, -0.2) is 22.8 Å². The molecule has 0 bridgehead atoms. The number of aromatic nitrogens is 2. The lowest BCUT2D eigenvalue weighted by molar-refractivity contribution is 0.372. The first-order valence-electron chi connectivity index (χ1n) is 10.5. The number of halogens is 2. The third-order valence-corrected chi connectivity index (χ3v) is 7.84. The number of benzene rings is 2. The van der Waals surface area contributed by atoms with E-state index in [0.717, 1.165) is 17.5 Å². The van der Waals surface area contributed by atoms with Crippen molar-refractivity contribution >= 4 is 38.3 Å². The molecule has 0 unspecified atom stereocenters. The van der Waals surface area contributed by atoms with Gasteiger partial charge < -0.3 is 14.1 Å². The zero-order valence-corrected chi connectivity index (χ0v) is 19.7. The molecule has 0 spiro atoms. The summed E-state index contributed by atoms with van der Waals surface area (Å²) < 4.78 is 52.0. The average molecular weight is 503 g/mol. The van der Waals surface area contributed by atoms with Crippen molar-refractivity contribution in [2.45, 2.75) is 4.90 Å². The van der Waals surface area contributed by atoms with E-state index in [9.17, 15) is 12.8 Å². The van der Waals surface area contributed by atoms with E-state index in [-0.39, 0.29) is 23.7 Å². The molecule has 1 aliphatic rings. The van der Waals surface area contributed by atoms with Gasteiger partial charge in [-0.1, -0.05) is 11.6 Å². The summed E-state index contributed by atoms with van der Waals surface area (Å²) in [4.78, 5) is 11.3. The smallest absolute Gasteiger partial charge is 0.246 e. The third kappa shape index (κ3) is 4.08. The van der Waals surface area contributed by atoms with Crippen LogP contribution in [-0.2, 0) is 10.0 Å². The number of anilines is 1. The highest BCUT2D eigenvalue weighted by atomic mass is 35.5. The zero-order valence-electron chi connectivity index (χ0n) is 18.1. The molecule has 8 nitrogen and oxygen atoms in total. The lowest BCUT2D eigenvalue weighted by atomic mass is 10.2. The van der Waals surface area contributed by atoms with Crippen LogP contribution in [0.25, 0.3) is 22.5 Å². The first-order valence-corrected chi connectivity index (χ1v) is 12.3. The van der Waals surface area contributed by atoms with Crippen molar-refractivity contribution in [1.29, 1.82) is 0 Å². The van der Waals surface area contributed by atoms with Crippen molar-refractivity contribution < 1.29 is 22.0 Å². The molecule has 2 aromatic heterocycles. The fraction of sp³-hybridized carbons (Fsp3) is 0.217. The van der Waals surface area contributed by atoms with Gasteiger partial charge in [-0.3, -0.25) is 0 Å². The minimum atomic E-state index is -3.87. The van der Waals surface area contributed by atoms with Gasteiger partial charge in [0.2, 0.25) is 10.0 Å². The minimum absolute atomic E-state index is 0.0239. The van der Waals surface area contributed by atoms with E-state index in [4.69, 9.17) is 25.7 Å². The Morgan fingerprint density at radius 3 is 2.56 bits per heavy atom. The first kappa shape index (κ1) is 22.6. The summed E-state index contributed by atoms with van der Waals surface area (Å²) in [5, 5.41) is 1.35. The molecule has 1 saturated heterocycles. The van der Waals surface area contributed by atoms with Crippen molar-refractivity contribution in [3.63, 3.8) is 0 Å². The van der Waals surface area contributed by atoms with Crippen LogP contribution in [0.1, 0.15) is 0 Å². The highest BCUT2D eigenvalue weighted by Crippen LogP contribution is 2.32. The Balaban J connectivity index is 1.45. The van der Waals surface area contributed by atoms with Gasteiger partial charge in [0.25, 0.3) is 0 Å². The molecule has 0 saturated carbocycles. The molecule has 34 heavy (non-hydrogen) atoms. The van der Waals surface area contributed by atoms with Crippen LogP contribution < -0.4 is 9.64 Å². The summed E-state index contributed by atoms with van der Waals surface area (Å²) in [6, 6.07) is 12.3. The van der Waals surface area contributed by atoms with Crippen LogP contribution >= 0.6 is 11.6 Å². The molecular formula is C23H20ClFN4O4S. The number of hydrogen-bond donors (Lipinski definition) is 0. The molecule has 0 radical (unpaired) electrons. The molecule has 0 atom stereocenters. The van der Waals surface area contributed by atoms with Gasteiger partial charge in [0.15, 0.2) is 11.6 Å². The maximum absolute atomic E-state index is 13.6. The maximum Gasteiger partial charge on any atom is 0.246 e. The van der Waals surface area contributed by atoms with Crippen LogP contribution in [-0.4, -0.2) is 56.0 Å². The second-order valence-corrected chi connectivity index (χ2v) is 10.0. The van der Waals surface area contributed by atoms with Crippen LogP contribution in [0.3, 0.4) is 0 Å². The minimum Gasteiger partial charge on any atom is -0.495 e. The number of hydrogen-bond acceptors (Lipinski definition) is 7. The molecule has 4 aromatic rings. The van der Waals surface area contributed by atoms with Crippen LogP contribution in [0.5, 0.6) is 5.75 Å². The van der Waals surface area contributed by atoms with Crippen molar-refractivity contribution in [1.82, 2.24) is 14.3 Å². The number of fused-ring (bicyclic) bond motifs is 1. The van der Waals surface area contributed by atoms with Crippen molar-refractivity contribution in [2.75, 3.05) is 38.2 Å². The van der Waals surface area contributed by atoms with Crippen LogP contribution in [0.4, 0.5) is 10.2 Å². The molecule has 2 aromatic carbocycles. The first-order chi connectivity index (χ1) is 16.4. The highest BCUT2D eigenvalue weighted by Gasteiger charge is 2.32. The highest BCUT2D eigenvalue weighted by molar-refractivity contribution is 7.89. The molecule has 3 heterocycles. The normalized spacial score (nSPS) is 15.1. The second kappa shape index (κ2) is 8.86. The number of rotatable bonds is 5. The summed E-state index contributed by atoms with van der Waals surface area (Å²) >= 11 is 6.19. The molecule has 0 amide bonds. The Labute approximate surface area is 200 Å². The van der Waals surface area contributed by atoms with Crippen molar-refractivity contribution in [2.24, 2.45) is 0 Å². The van der Waals surface area contributed by atoms with Gasteiger partial charge in [0.1, 0.15) is 22.3 Å². The molecule has 11 heteroatoms. The van der Waals surface area contributed by atoms with Crippen LogP contribution in [0, 0.1) is 5.82 Å². The Morgan fingerprint density at radius 2 is 1.85 bits per heavy atom. The Hall–Kier alpha value is -3.21. The van der Waals surface area contributed by atoms with Gasteiger partial charge in [-0.15, -0.1) is 0 Å². The topological polar surface area (TPSA) is 88.8 Å². The lowest BCUT2D eigenvalue weighted by Gasteiger charge is -2.35. The monoisotopic (exact) mass is 502 g/mol. The SMILES string of the molecule is COc1cc(F)ccc1S(=O)(=O)N1CCN(c2nc(-c3ccco3)nc3cc(Cl)ccc23)CC1. The largest absolute Gasteiger partial charge is 0.495 e. The zero-order chi connectivity index (χ0) is 23.9. The van der Waals surface area contributed by atoms with E-state index in [1.54, 1.807) is 30.5 Å². The predicted octanol–water partition coefficient (Wildman–Crippen LogP) is 4.20. The molecule has 0 N–H and O–H groups in total. The summed E-state index contributed by atoms with van der Waals surface area (Å²) in [6.07, 6.45) is 1.55. The number of piperazine rings is 1. The predicted molar refractivity (Wildman–Crippen MR) is 126 cm³/mol. The molecule has 176 valence electrons. The Kier molecular flexibility index (Phi) is 5.88. The van der Waals surface area contributed by atoms with Gasteiger partial charge in [-0.05, 0) is 42.5 Å². The third-order valence-electron chi connectivity index (χ3n) is 5.66. The molecule has 5 rings (SSSR count). The van der Waals surface area contributed by atoms with E-state index in [1.165, 1.54) is 17.5 Å². The quantitative estimate of drug-likeness (QED) is 0.404. The number of furan rings is 1. The molecular weight excluding hydrogens is 483 g/mol. The van der Waals surface area contributed by atoms with Crippen molar-refractivity contribution in [3.8, 4) is 17.3 Å². The lowest BCUT2D eigenvalue weighted by Crippen LogP contribution is -2.49. The Bertz CT molecular complexity index is 1460. The standard InChI is InChI=1S/C23H20ClFN4O4S/c1-32-20-14-16(25)5-7-21(20)34(30,31)29-10-8-28(9-11-29)23-17-6-4-15(24)13-18(17)26-22(27-23)19-3-2-12-33-19/h2-7,12-14H,8-11H2,1H3. The van der Waals surface area contributed by atoms with Crippen LogP contribution in [0.2, 0.25) is 5.02 Å². The fourth-order valence-electron chi connectivity index (χ4n) is 3.98. The Morgan fingerprint density at radius 1 is 1.06 bits per heavy atom. The van der Waals surface area contributed by atoms with Crippen molar-refractivity contribution in [3.05, 3.63) is 65.6 Å². The van der Waals surface area contributed by atoms with E-state index in [0.29, 0.717) is 41.0 Å². The second-order valence-electron chi connectivity index (χ2n) is 7.70. The molecule has 1 fully saturated rings. The van der Waals surface area contributed by atoms with Gasteiger partial charge in [0.05, 0.1) is 18.9 Å². The number of ether oxygens (including phenoxy) is 1. The van der Waals surface area contributed by atoms with Crippen LogP contribution in [0.15, 0.2) is 64.1 Å². The average Bonchev–Trinajstić information content (AvgIpc) is 3.38. The fourth-order valence-corrected chi connectivity index (χ4v) is 5.70. The van der Waals surface area contributed by atoms with E-state index in [2.05, 4.69) is 4.98 Å². The van der Waals surface area contributed by atoms with E-state index < -0.39 is 15.8 Å². The van der Waals surface area contributed by atoms with Gasteiger partial charge in [0, 0.05) is 42.7 Å². The van der Waals surface area contributed by atoms with Gasteiger partial charge >= 0.3 is 0 Å². The summed E-state index contributed by atoms with van der Waals surface area (Å²) in [6.45, 7) is 1.24. The summed E-state index contributed by atoms with van der Waals surface area (Å²) in [5.74, 6) is 1.02. The number of sulfonamides is 1. The number of methoxy groups -OCH3 is 1. The van der Waals surface area contributed by atoms with E-state index >= 15 is 0 Å². The van der Waals surface area contributed by atoms with Gasteiger partial charge in [-0.2, -0.15) is 4.31 Å². The summed E-state index contributed by atoms with van der Waals surface area (Å²) in [7, 11) is -2.55. The van der Waals surface area contributed by atoms with E-state index in [1.807, 2.05) is 11.0 Å². The summed E-state index contributed by atoms with van der Waals surface area (Å²) in [5.41, 5.74) is 0.662. The molecule has 0 aliphatic carbocycles. The molecule has 1 aliphatic heterocycles. The maximum atomic E-state index is 13.6.